The Balaban J connectivity index is 1.54. The van der Waals surface area contributed by atoms with Crippen LogP contribution < -0.4 is 10.1 Å². The van der Waals surface area contributed by atoms with Gasteiger partial charge in [-0.25, -0.2) is 4.98 Å². The average Bonchev–Trinajstić information content (AvgIpc) is 3.14. The summed E-state index contributed by atoms with van der Waals surface area (Å²) in [4.78, 5) is 31.3. The van der Waals surface area contributed by atoms with Crippen molar-refractivity contribution in [1.82, 2.24) is 19.8 Å². The fraction of sp³-hybridized carbons (Fsp3) is 0.375. The van der Waals surface area contributed by atoms with Gasteiger partial charge in [0.2, 0.25) is 5.91 Å². The number of benzene rings is 2. The topological polar surface area (TPSA) is 76.5 Å². The minimum Gasteiger partial charge on any atom is -0.484 e. The highest BCUT2D eigenvalue weighted by Crippen LogP contribution is 2.18. The lowest BCUT2D eigenvalue weighted by molar-refractivity contribution is -0.131. The molecule has 0 fully saturated rings. The molecule has 8 heteroatoms. The van der Waals surface area contributed by atoms with E-state index in [-0.39, 0.29) is 25.0 Å². The first kappa shape index (κ1) is 23.6. The van der Waals surface area contributed by atoms with Crippen LogP contribution in [0.3, 0.4) is 0 Å². The first-order valence-electron chi connectivity index (χ1n) is 10.9. The molecular weight excluding hydrogens is 428 g/mol. The van der Waals surface area contributed by atoms with Gasteiger partial charge in [-0.15, -0.1) is 0 Å². The van der Waals surface area contributed by atoms with Crippen molar-refractivity contribution in [2.45, 2.75) is 33.2 Å². The molecule has 7 nitrogen and oxygen atoms in total. The number of para-hydroxylation sites is 2. The highest BCUT2D eigenvalue weighted by molar-refractivity contribution is 6.30. The normalized spacial score (nSPS) is 10.8. The summed E-state index contributed by atoms with van der Waals surface area (Å²) >= 11 is 5.84. The fourth-order valence-electron chi connectivity index (χ4n) is 3.51. The summed E-state index contributed by atoms with van der Waals surface area (Å²) < 4.78 is 7.44. The van der Waals surface area contributed by atoms with Gasteiger partial charge in [0.15, 0.2) is 6.61 Å². The van der Waals surface area contributed by atoms with Gasteiger partial charge in [-0.3, -0.25) is 9.59 Å². The van der Waals surface area contributed by atoms with Crippen LogP contribution in [0.25, 0.3) is 11.0 Å². The van der Waals surface area contributed by atoms with Crippen LogP contribution in [0.2, 0.25) is 5.02 Å². The van der Waals surface area contributed by atoms with Gasteiger partial charge < -0.3 is 19.5 Å². The predicted molar refractivity (Wildman–Crippen MR) is 126 cm³/mol. The Hall–Kier alpha value is -3.06. The number of hydrogen-bond donors (Lipinski definition) is 1. The number of fused-ring (bicyclic) bond motifs is 1. The molecule has 0 radical (unpaired) electrons. The third kappa shape index (κ3) is 6.23. The molecule has 0 saturated heterocycles. The summed E-state index contributed by atoms with van der Waals surface area (Å²) in [5.41, 5.74) is 1.82. The quantitative estimate of drug-likeness (QED) is 0.446. The van der Waals surface area contributed by atoms with Crippen LogP contribution >= 0.6 is 11.6 Å². The summed E-state index contributed by atoms with van der Waals surface area (Å²) in [6.07, 6.45) is 1.36. The van der Waals surface area contributed by atoms with Gasteiger partial charge >= 0.3 is 0 Å². The zero-order chi connectivity index (χ0) is 22.9. The Morgan fingerprint density at radius 3 is 2.53 bits per heavy atom. The lowest BCUT2D eigenvalue weighted by Gasteiger charge is -2.20. The Kier molecular flexibility index (Phi) is 8.50. The number of nitrogens with one attached hydrogen (secondary N) is 1. The van der Waals surface area contributed by atoms with Gasteiger partial charge in [-0.1, -0.05) is 23.7 Å². The van der Waals surface area contributed by atoms with Crippen molar-refractivity contribution in [1.29, 1.82) is 0 Å². The van der Waals surface area contributed by atoms with E-state index in [1.807, 2.05) is 47.6 Å². The molecule has 2 amide bonds. The lowest BCUT2D eigenvalue weighted by Crippen LogP contribution is -2.34. The molecule has 1 heterocycles. The van der Waals surface area contributed by atoms with E-state index >= 15 is 0 Å². The van der Waals surface area contributed by atoms with Crippen LogP contribution in [-0.2, 0) is 22.6 Å². The smallest absolute Gasteiger partial charge is 0.257 e. The number of imidazole rings is 1. The minimum atomic E-state index is -0.190. The molecule has 3 aromatic rings. The van der Waals surface area contributed by atoms with Crippen LogP contribution in [-0.4, -0.2) is 52.5 Å². The number of rotatable bonds is 11. The average molecular weight is 457 g/mol. The molecule has 0 spiro atoms. The van der Waals surface area contributed by atoms with Crippen molar-refractivity contribution in [2.24, 2.45) is 0 Å². The molecule has 1 aromatic heterocycles. The highest BCUT2D eigenvalue weighted by atomic mass is 35.5. The molecule has 1 N–H and O–H groups in total. The van der Waals surface area contributed by atoms with Crippen molar-refractivity contribution in [3.63, 3.8) is 0 Å². The molecular formula is C24H29ClN4O3. The second kappa shape index (κ2) is 11.5. The second-order valence-electron chi connectivity index (χ2n) is 7.37. The van der Waals surface area contributed by atoms with Gasteiger partial charge in [0.05, 0.1) is 11.0 Å². The maximum absolute atomic E-state index is 12.7. The van der Waals surface area contributed by atoms with Crippen LogP contribution in [0.15, 0.2) is 48.5 Å². The van der Waals surface area contributed by atoms with Gasteiger partial charge in [-0.05, 0) is 56.7 Å². The van der Waals surface area contributed by atoms with Gasteiger partial charge in [0.1, 0.15) is 18.1 Å². The van der Waals surface area contributed by atoms with Crippen molar-refractivity contribution >= 4 is 34.4 Å². The summed E-state index contributed by atoms with van der Waals surface area (Å²) in [7, 11) is 0. The SMILES string of the molecule is CCN(CC)C(=O)Cn1c(CCCNC(=O)COc2ccc(Cl)cc2)nc2ccccc21. The number of carbonyl (C=O) groups is 2. The van der Waals surface area contributed by atoms with Crippen molar-refractivity contribution < 1.29 is 14.3 Å². The van der Waals surface area contributed by atoms with Crippen molar-refractivity contribution in [3.8, 4) is 5.75 Å². The van der Waals surface area contributed by atoms with E-state index in [1.165, 1.54) is 0 Å². The molecule has 3 rings (SSSR count). The summed E-state index contributed by atoms with van der Waals surface area (Å²) in [5, 5.41) is 3.48. The highest BCUT2D eigenvalue weighted by Gasteiger charge is 2.16. The van der Waals surface area contributed by atoms with Crippen LogP contribution in [0.1, 0.15) is 26.1 Å². The Morgan fingerprint density at radius 2 is 1.81 bits per heavy atom. The van der Waals surface area contributed by atoms with Crippen LogP contribution in [0, 0.1) is 0 Å². The molecule has 0 aliphatic rings. The number of amides is 2. The second-order valence-corrected chi connectivity index (χ2v) is 7.80. The maximum Gasteiger partial charge on any atom is 0.257 e. The predicted octanol–water partition coefficient (Wildman–Crippen LogP) is 3.69. The first-order valence-corrected chi connectivity index (χ1v) is 11.3. The molecule has 0 aliphatic carbocycles. The summed E-state index contributed by atoms with van der Waals surface area (Å²) in [6.45, 7) is 6.03. The molecule has 0 bridgehead atoms. The standard InChI is InChI=1S/C24H29ClN4O3/c1-3-28(4-2)24(31)16-29-21-9-6-5-8-20(21)27-22(29)10-7-15-26-23(30)17-32-19-13-11-18(25)12-14-19/h5-6,8-9,11-14H,3-4,7,10,15-17H2,1-2H3,(H,26,30). The number of hydrogen-bond acceptors (Lipinski definition) is 4. The third-order valence-electron chi connectivity index (χ3n) is 5.23. The lowest BCUT2D eigenvalue weighted by atomic mass is 10.3. The molecule has 2 aromatic carbocycles. The molecule has 0 atom stereocenters. The molecule has 0 aliphatic heterocycles. The van der Waals surface area contributed by atoms with E-state index in [1.54, 1.807) is 24.3 Å². The number of ether oxygens (including phenoxy) is 1. The number of likely N-dealkylation sites (N-methyl/N-ethyl adjacent to an activating group) is 1. The zero-order valence-electron chi connectivity index (χ0n) is 18.5. The van der Waals surface area contributed by atoms with Gasteiger partial charge in [0, 0.05) is 31.1 Å². The van der Waals surface area contributed by atoms with E-state index in [9.17, 15) is 9.59 Å². The number of halogens is 1. The summed E-state index contributed by atoms with van der Waals surface area (Å²) in [6, 6.07) is 14.7. The first-order chi connectivity index (χ1) is 15.5. The van der Waals surface area contributed by atoms with E-state index in [0.29, 0.717) is 43.2 Å². The van der Waals surface area contributed by atoms with E-state index in [2.05, 4.69) is 5.32 Å². The van der Waals surface area contributed by atoms with Crippen molar-refractivity contribution in [2.75, 3.05) is 26.2 Å². The third-order valence-corrected chi connectivity index (χ3v) is 5.48. The monoisotopic (exact) mass is 456 g/mol. The number of aryl methyl sites for hydroxylation is 1. The zero-order valence-corrected chi connectivity index (χ0v) is 19.3. The molecule has 170 valence electrons. The van der Waals surface area contributed by atoms with Gasteiger partial charge in [0.25, 0.3) is 5.91 Å². The Bertz CT molecular complexity index is 1050. The Labute approximate surface area is 193 Å². The van der Waals surface area contributed by atoms with Crippen molar-refractivity contribution in [3.05, 3.63) is 59.4 Å². The largest absolute Gasteiger partial charge is 0.484 e. The van der Waals surface area contributed by atoms with Crippen LogP contribution in [0.5, 0.6) is 5.75 Å². The molecule has 32 heavy (non-hydrogen) atoms. The summed E-state index contributed by atoms with van der Waals surface area (Å²) in [5.74, 6) is 1.33. The fourth-order valence-corrected chi connectivity index (χ4v) is 3.64. The molecule has 0 saturated carbocycles. The number of nitrogens with zero attached hydrogens (tertiary/aromatic N) is 3. The maximum atomic E-state index is 12.7. The number of aromatic nitrogens is 2. The van der Waals surface area contributed by atoms with Crippen LogP contribution in [0.4, 0.5) is 0 Å². The van der Waals surface area contributed by atoms with E-state index in [0.717, 1.165) is 16.9 Å². The number of carbonyl (C=O) groups excluding carboxylic acids is 2. The molecule has 0 unspecified atom stereocenters. The van der Waals surface area contributed by atoms with E-state index in [4.69, 9.17) is 21.3 Å². The van der Waals surface area contributed by atoms with E-state index < -0.39 is 0 Å². The Morgan fingerprint density at radius 1 is 1.09 bits per heavy atom. The van der Waals surface area contributed by atoms with Gasteiger partial charge in [-0.2, -0.15) is 0 Å². The minimum absolute atomic E-state index is 0.0570.